The van der Waals surface area contributed by atoms with Gasteiger partial charge in [0.05, 0.1) is 31.0 Å². The molecule has 1 saturated carbocycles. The third-order valence-electron chi connectivity index (χ3n) is 6.56. The summed E-state index contributed by atoms with van der Waals surface area (Å²) in [5, 5.41) is 12.1. The van der Waals surface area contributed by atoms with Gasteiger partial charge in [0, 0.05) is 44.2 Å². The van der Waals surface area contributed by atoms with Crippen molar-refractivity contribution in [3.8, 4) is 0 Å². The van der Waals surface area contributed by atoms with Gasteiger partial charge in [-0.05, 0) is 51.9 Å². The molecule has 2 aliphatic rings. The van der Waals surface area contributed by atoms with Crippen LogP contribution in [0.2, 0.25) is 0 Å². The maximum atomic E-state index is 13.5. The summed E-state index contributed by atoms with van der Waals surface area (Å²) >= 11 is 0. The van der Waals surface area contributed by atoms with Crippen LogP contribution in [-0.4, -0.2) is 91.2 Å². The number of nitrogens with zero attached hydrogens (tertiary/aromatic N) is 4. The first-order chi connectivity index (χ1) is 16.9. The van der Waals surface area contributed by atoms with Crippen LogP contribution in [0.3, 0.4) is 0 Å². The molecular formula is C25H38N6O4. The predicted octanol–water partition coefficient (Wildman–Crippen LogP) is 1.88. The summed E-state index contributed by atoms with van der Waals surface area (Å²) in [6.07, 6.45) is 1.86. The van der Waals surface area contributed by atoms with Gasteiger partial charge >= 0.3 is 6.09 Å². The first-order valence-corrected chi connectivity index (χ1v) is 12.5. The number of nitrogens with one attached hydrogen (secondary N) is 2. The Labute approximate surface area is 206 Å². The fourth-order valence-electron chi connectivity index (χ4n) is 4.74. The molecule has 35 heavy (non-hydrogen) atoms. The normalized spacial score (nSPS) is 19.1. The Kier molecular flexibility index (Phi) is 8.25. The van der Waals surface area contributed by atoms with E-state index in [0.717, 1.165) is 42.5 Å². The Morgan fingerprint density at radius 2 is 2.14 bits per heavy atom. The van der Waals surface area contributed by atoms with Gasteiger partial charge in [0.2, 0.25) is 0 Å². The molecule has 0 unspecified atom stereocenters. The number of amides is 2. The number of ether oxygens (including phenoxy) is 2. The number of benzene rings is 1. The van der Waals surface area contributed by atoms with Crippen molar-refractivity contribution in [2.24, 2.45) is 0 Å². The number of carbonyl (C=O) groups excluding carboxylic acids is 2. The lowest BCUT2D eigenvalue weighted by atomic mass is 10.1. The minimum Gasteiger partial charge on any atom is -0.453 e. The number of aryl methyl sites for hydroxylation is 1. The first-order valence-electron chi connectivity index (χ1n) is 12.5. The van der Waals surface area contributed by atoms with Gasteiger partial charge < -0.3 is 29.9 Å². The molecule has 2 aromatic rings. The van der Waals surface area contributed by atoms with Gasteiger partial charge in [-0.15, -0.1) is 0 Å². The van der Waals surface area contributed by atoms with Crippen molar-refractivity contribution in [3.63, 3.8) is 0 Å². The summed E-state index contributed by atoms with van der Waals surface area (Å²) in [6, 6.07) is 6.52. The molecule has 192 valence electrons. The number of hydrogen-bond acceptors (Lipinski definition) is 7. The first kappa shape index (κ1) is 25.4. The maximum Gasteiger partial charge on any atom is 0.406 e. The highest BCUT2D eigenvalue weighted by Crippen LogP contribution is 2.37. The molecule has 2 heterocycles. The third-order valence-corrected chi connectivity index (χ3v) is 6.56. The van der Waals surface area contributed by atoms with Crippen molar-refractivity contribution >= 4 is 22.9 Å². The molecule has 0 bridgehead atoms. The molecule has 0 radical (unpaired) electrons. The average molecular weight is 487 g/mol. The van der Waals surface area contributed by atoms with E-state index in [1.54, 1.807) is 0 Å². The van der Waals surface area contributed by atoms with Crippen molar-refractivity contribution in [1.29, 1.82) is 0 Å². The fourth-order valence-corrected chi connectivity index (χ4v) is 4.74. The number of morpholine rings is 1. The smallest absolute Gasteiger partial charge is 0.406 e. The van der Waals surface area contributed by atoms with Crippen LogP contribution < -0.4 is 10.6 Å². The van der Waals surface area contributed by atoms with Gasteiger partial charge in [-0.3, -0.25) is 9.48 Å². The molecule has 10 nitrogen and oxygen atoms in total. The average Bonchev–Trinajstić information content (AvgIpc) is 3.62. The van der Waals surface area contributed by atoms with Crippen LogP contribution in [0.15, 0.2) is 18.2 Å². The number of hydrogen-bond donors (Lipinski definition) is 2. The van der Waals surface area contributed by atoms with Crippen molar-refractivity contribution in [2.45, 2.75) is 57.5 Å². The molecule has 1 aliphatic carbocycles. The highest BCUT2D eigenvalue weighted by atomic mass is 16.5. The van der Waals surface area contributed by atoms with Crippen molar-refractivity contribution in [2.75, 3.05) is 47.4 Å². The highest BCUT2D eigenvalue weighted by Gasteiger charge is 2.41. The van der Waals surface area contributed by atoms with Crippen LogP contribution in [-0.2, 0) is 27.4 Å². The Morgan fingerprint density at radius 1 is 1.34 bits per heavy atom. The standard InChI is InChI=1S/C25H38N6O4/c1-17(31(19-7-8-19)24(32)22-15-26-11-13-35-22)23-20-9-6-18(16-29(2)3)14-21(20)30(28-23)12-5-10-27-25(33)34-4/h6,9,14,17,19,22,26H,5,7-8,10-13,15-16H2,1-4H3,(H,27,33)/t17-,22-/m1/s1. The zero-order chi connectivity index (χ0) is 24.9. The fraction of sp³-hybridized carbons (Fsp3) is 0.640. The molecule has 1 aliphatic heterocycles. The van der Waals surface area contributed by atoms with Gasteiger partial charge in [0.25, 0.3) is 5.91 Å². The minimum absolute atomic E-state index is 0.0430. The SMILES string of the molecule is COC(=O)NCCCn1nc([C@@H](C)N(C(=O)[C@H]2CNCCO2)C2CC2)c2ccc(CN(C)C)cc21. The lowest BCUT2D eigenvalue weighted by Crippen LogP contribution is -2.50. The van der Waals surface area contributed by atoms with Crippen molar-refractivity contribution in [3.05, 3.63) is 29.5 Å². The highest BCUT2D eigenvalue weighted by molar-refractivity contribution is 5.86. The van der Waals surface area contributed by atoms with E-state index in [0.29, 0.717) is 32.7 Å². The lowest BCUT2D eigenvalue weighted by Gasteiger charge is -2.33. The molecular weight excluding hydrogens is 448 g/mol. The molecule has 1 saturated heterocycles. The number of fused-ring (bicyclic) bond motifs is 1. The summed E-state index contributed by atoms with van der Waals surface area (Å²) in [6.45, 7) is 5.92. The van der Waals surface area contributed by atoms with Crippen LogP contribution in [0.25, 0.3) is 10.9 Å². The zero-order valence-electron chi connectivity index (χ0n) is 21.2. The number of alkyl carbamates (subject to hydrolysis) is 1. The van der Waals surface area contributed by atoms with E-state index >= 15 is 0 Å². The van der Waals surface area contributed by atoms with E-state index in [-0.39, 0.29) is 18.0 Å². The van der Waals surface area contributed by atoms with Crippen LogP contribution >= 0.6 is 0 Å². The second kappa shape index (κ2) is 11.4. The summed E-state index contributed by atoms with van der Waals surface area (Å²) in [5.41, 5.74) is 3.15. The van der Waals surface area contributed by atoms with Gasteiger partial charge in [0.15, 0.2) is 0 Å². The van der Waals surface area contributed by atoms with Crippen molar-refractivity contribution in [1.82, 2.24) is 30.2 Å². The number of rotatable bonds is 10. The third kappa shape index (κ3) is 6.12. The molecule has 2 amide bonds. The Morgan fingerprint density at radius 3 is 2.80 bits per heavy atom. The van der Waals surface area contributed by atoms with E-state index in [1.807, 2.05) is 9.58 Å². The van der Waals surface area contributed by atoms with E-state index in [2.05, 4.69) is 59.5 Å². The minimum atomic E-state index is -0.448. The van der Waals surface area contributed by atoms with E-state index in [4.69, 9.17) is 9.84 Å². The topological polar surface area (TPSA) is 101 Å². The molecule has 10 heteroatoms. The van der Waals surface area contributed by atoms with Gasteiger partial charge in [-0.1, -0.05) is 12.1 Å². The Bertz CT molecular complexity index is 1030. The second-order valence-corrected chi connectivity index (χ2v) is 9.69. The van der Waals surface area contributed by atoms with Gasteiger partial charge in [0.1, 0.15) is 6.10 Å². The molecule has 1 aromatic carbocycles. The van der Waals surface area contributed by atoms with Crippen LogP contribution in [0, 0.1) is 0 Å². The molecule has 4 rings (SSSR count). The van der Waals surface area contributed by atoms with Crippen molar-refractivity contribution < 1.29 is 19.1 Å². The molecule has 0 spiro atoms. The monoisotopic (exact) mass is 486 g/mol. The zero-order valence-corrected chi connectivity index (χ0v) is 21.2. The number of methoxy groups -OCH3 is 1. The van der Waals surface area contributed by atoms with E-state index in [9.17, 15) is 9.59 Å². The molecule has 2 atom stereocenters. The largest absolute Gasteiger partial charge is 0.453 e. The van der Waals surface area contributed by atoms with Gasteiger partial charge in [-0.2, -0.15) is 5.10 Å². The predicted molar refractivity (Wildman–Crippen MR) is 133 cm³/mol. The van der Waals surface area contributed by atoms with Crippen LogP contribution in [0.1, 0.15) is 43.5 Å². The second-order valence-electron chi connectivity index (χ2n) is 9.69. The van der Waals surface area contributed by atoms with Crippen LogP contribution in [0.5, 0.6) is 0 Å². The molecule has 2 N–H and O–H groups in total. The summed E-state index contributed by atoms with van der Waals surface area (Å²) in [7, 11) is 5.46. The Balaban J connectivity index is 1.61. The van der Waals surface area contributed by atoms with E-state index < -0.39 is 12.2 Å². The van der Waals surface area contributed by atoms with Crippen LogP contribution in [0.4, 0.5) is 4.79 Å². The summed E-state index contributed by atoms with van der Waals surface area (Å²) < 4.78 is 12.5. The molecule has 1 aromatic heterocycles. The maximum absolute atomic E-state index is 13.5. The number of carbonyl (C=O) groups is 2. The summed E-state index contributed by atoms with van der Waals surface area (Å²) in [4.78, 5) is 29.0. The quantitative estimate of drug-likeness (QED) is 0.495. The lowest BCUT2D eigenvalue weighted by molar-refractivity contribution is -0.148. The summed E-state index contributed by atoms with van der Waals surface area (Å²) in [5.74, 6) is 0.0430. The molecule has 2 fully saturated rings. The Hall–Kier alpha value is -2.69. The van der Waals surface area contributed by atoms with Gasteiger partial charge in [-0.25, -0.2) is 4.79 Å². The van der Waals surface area contributed by atoms with E-state index in [1.165, 1.54) is 12.7 Å². The number of aromatic nitrogens is 2.